The molecule has 98 valence electrons. The molecule has 10 nitrogen and oxygen atoms in total. The second-order valence-corrected chi connectivity index (χ2v) is 3.63. The smallest absolute Gasteiger partial charge is 0.394 e. The van der Waals surface area contributed by atoms with E-state index in [-0.39, 0.29) is 0 Å². The van der Waals surface area contributed by atoms with Crippen LogP contribution in [-0.2, 0) is 9.36 Å². The van der Waals surface area contributed by atoms with Crippen molar-refractivity contribution in [2.45, 2.75) is 18.3 Å². The Hall–Kier alpha value is -0.580. The number of rotatable bonds is 4. The fourth-order valence-corrected chi connectivity index (χ4v) is 0.487. The summed E-state index contributed by atoms with van der Waals surface area (Å²) in [6, 6.07) is 0. The van der Waals surface area contributed by atoms with Crippen molar-refractivity contribution in [3.05, 3.63) is 0 Å². The molecule has 0 aromatic rings. The number of amides is 1. The molecule has 0 radical (unpaired) electrons. The van der Waals surface area contributed by atoms with Crippen LogP contribution in [0.4, 0.5) is 0 Å². The van der Waals surface area contributed by atoms with E-state index >= 15 is 0 Å². The molecule has 0 aliphatic rings. The standard InChI is InChI=1S/C5H11NO5.H3O4P/c6-5(11)4(10)3(9)2(8)1-7;1-5(2,3)4/h2-4,7-10H,1H2,(H2,6,11);(H3,1,2,3,4)/t2-,3-,4+;/m1./s1. The molecule has 0 fully saturated rings. The fraction of sp³-hybridized carbons (Fsp3) is 0.800. The summed E-state index contributed by atoms with van der Waals surface area (Å²) in [5.41, 5.74) is 4.59. The molecule has 11 heteroatoms. The van der Waals surface area contributed by atoms with Crippen LogP contribution in [0.25, 0.3) is 0 Å². The Morgan fingerprint density at radius 2 is 1.50 bits per heavy atom. The van der Waals surface area contributed by atoms with Gasteiger partial charge in [-0.25, -0.2) is 4.57 Å². The normalized spacial score (nSPS) is 16.7. The van der Waals surface area contributed by atoms with E-state index in [0.717, 1.165) is 0 Å². The van der Waals surface area contributed by atoms with Crippen LogP contribution < -0.4 is 5.73 Å². The number of carbonyl (C=O) groups excluding carboxylic acids is 1. The second kappa shape index (κ2) is 7.65. The SMILES string of the molecule is NC(=O)[C@@H](O)[C@H](O)[C@H](O)CO.O=P(O)(O)O. The summed E-state index contributed by atoms with van der Waals surface area (Å²) in [5.74, 6) is -1.15. The molecule has 0 aliphatic carbocycles. The summed E-state index contributed by atoms with van der Waals surface area (Å²) in [6.07, 6.45) is -5.15. The average molecular weight is 263 g/mol. The van der Waals surface area contributed by atoms with Gasteiger partial charge < -0.3 is 40.8 Å². The van der Waals surface area contributed by atoms with Gasteiger partial charge in [0.25, 0.3) is 0 Å². The number of hydrogen-bond acceptors (Lipinski definition) is 6. The predicted molar refractivity (Wildman–Crippen MR) is 48.6 cm³/mol. The Bertz CT molecular complexity index is 244. The van der Waals surface area contributed by atoms with Gasteiger partial charge in [0, 0.05) is 0 Å². The highest BCUT2D eigenvalue weighted by atomic mass is 31.2. The van der Waals surface area contributed by atoms with Gasteiger partial charge in [-0.1, -0.05) is 0 Å². The maximum absolute atomic E-state index is 10.2. The molecular weight excluding hydrogens is 249 g/mol. The maximum Gasteiger partial charge on any atom is 0.466 e. The minimum absolute atomic E-state index is 0.745. The monoisotopic (exact) mass is 263 g/mol. The molecule has 0 rings (SSSR count). The lowest BCUT2D eigenvalue weighted by Gasteiger charge is -2.18. The van der Waals surface area contributed by atoms with E-state index in [1.54, 1.807) is 0 Å². The molecule has 0 unspecified atom stereocenters. The average Bonchev–Trinajstić information content (AvgIpc) is 2.11. The zero-order valence-electron chi connectivity index (χ0n) is 7.91. The summed E-state index contributed by atoms with van der Waals surface area (Å²) in [6.45, 7) is -0.745. The van der Waals surface area contributed by atoms with Gasteiger partial charge in [-0.15, -0.1) is 0 Å². The lowest BCUT2D eigenvalue weighted by molar-refractivity contribution is -0.139. The van der Waals surface area contributed by atoms with Crippen LogP contribution in [0.3, 0.4) is 0 Å². The summed E-state index contributed by atoms with van der Waals surface area (Å²) >= 11 is 0. The molecule has 0 saturated heterocycles. The summed E-state index contributed by atoms with van der Waals surface area (Å²) < 4.78 is 8.88. The summed E-state index contributed by atoms with van der Waals surface area (Å²) in [5, 5.41) is 34.4. The number of hydrogen-bond donors (Lipinski definition) is 8. The number of nitrogens with two attached hydrogens (primary N) is 1. The highest BCUT2D eigenvalue weighted by molar-refractivity contribution is 7.45. The summed E-state index contributed by atoms with van der Waals surface area (Å²) in [7, 11) is -4.64. The molecule has 16 heavy (non-hydrogen) atoms. The van der Waals surface area contributed by atoms with Crippen LogP contribution >= 0.6 is 7.82 Å². The lowest BCUT2D eigenvalue weighted by atomic mass is 10.1. The number of phosphoric acid groups is 1. The van der Waals surface area contributed by atoms with Crippen LogP contribution in [0.2, 0.25) is 0 Å². The highest BCUT2D eigenvalue weighted by Gasteiger charge is 2.27. The van der Waals surface area contributed by atoms with Crippen molar-refractivity contribution in [3.63, 3.8) is 0 Å². The number of carbonyl (C=O) groups is 1. The minimum Gasteiger partial charge on any atom is -0.394 e. The second-order valence-electron chi connectivity index (χ2n) is 2.60. The lowest BCUT2D eigenvalue weighted by Crippen LogP contribution is -2.46. The van der Waals surface area contributed by atoms with Crippen LogP contribution in [0.1, 0.15) is 0 Å². The van der Waals surface area contributed by atoms with E-state index in [1.165, 1.54) is 0 Å². The first-order valence-corrected chi connectivity index (χ1v) is 5.29. The maximum atomic E-state index is 10.2. The number of primary amides is 1. The van der Waals surface area contributed by atoms with Crippen molar-refractivity contribution in [1.29, 1.82) is 0 Å². The number of aliphatic hydroxyl groups is 4. The molecule has 0 spiro atoms. The molecule has 0 saturated carbocycles. The van der Waals surface area contributed by atoms with Crippen LogP contribution in [0.5, 0.6) is 0 Å². The molecule has 0 aromatic carbocycles. The van der Waals surface area contributed by atoms with Crippen LogP contribution in [-0.4, -0.2) is 65.9 Å². The van der Waals surface area contributed by atoms with Crippen molar-refractivity contribution in [1.82, 2.24) is 0 Å². The van der Waals surface area contributed by atoms with E-state index in [1.807, 2.05) is 0 Å². The van der Waals surface area contributed by atoms with E-state index in [0.29, 0.717) is 0 Å². The van der Waals surface area contributed by atoms with Gasteiger partial charge in [0.2, 0.25) is 5.91 Å². The topological polar surface area (TPSA) is 202 Å². The van der Waals surface area contributed by atoms with Gasteiger partial charge in [-0.3, -0.25) is 4.79 Å². The van der Waals surface area contributed by atoms with E-state index in [2.05, 4.69) is 5.73 Å². The van der Waals surface area contributed by atoms with Gasteiger partial charge in [-0.2, -0.15) is 0 Å². The Morgan fingerprint density at radius 1 is 1.19 bits per heavy atom. The van der Waals surface area contributed by atoms with Crippen LogP contribution in [0, 0.1) is 0 Å². The molecule has 1 amide bonds. The largest absolute Gasteiger partial charge is 0.466 e. The first-order valence-electron chi connectivity index (χ1n) is 3.73. The van der Waals surface area contributed by atoms with Crippen molar-refractivity contribution in [2.75, 3.05) is 6.61 Å². The van der Waals surface area contributed by atoms with Crippen molar-refractivity contribution in [2.24, 2.45) is 5.73 Å². The third kappa shape index (κ3) is 11.5. The quantitative estimate of drug-likeness (QED) is 0.230. The molecule has 3 atom stereocenters. The Kier molecular flexibility index (Phi) is 8.52. The van der Waals surface area contributed by atoms with Gasteiger partial charge in [-0.05, 0) is 0 Å². The zero-order chi connectivity index (χ0) is 13.5. The molecule has 0 heterocycles. The zero-order valence-corrected chi connectivity index (χ0v) is 8.81. The Labute approximate surface area is 89.8 Å². The van der Waals surface area contributed by atoms with Gasteiger partial charge in [0.15, 0.2) is 6.10 Å². The van der Waals surface area contributed by atoms with E-state index in [9.17, 15) is 4.79 Å². The molecular formula is C5H14NO9P. The van der Waals surface area contributed by atoms with Gasteiger partial charge >= 0.3 is 7.82 Å². The van der Waals surface area contributed by atoms with Gasteiger partial charge in [0.05, 0.1) is 6.61 Å². The highest BCUT2D eigenvalue weighted by Crippen LogP contribution is 2.25. The van der Waals surface area contributed by atoms with Crippen molar-refractivity contribution < 1.29 is 44.5 Å². The fourth-order valence-electron chi connectivity index (χ4n) is 0.487. The van der Waals surface area contributed by atoms with E-state index in [4.69, 9.17) is 39.7 Å². The molecule has 0 aliphatic heterocycles. The Morgan fingerprint density at radius 3 is 1.69 bits per heavy atom. The minimum atomic E-state index is -4.64. The molecule has 0 aromatic heterocycles. The van der Waals surface area contributed by atoms with Gasteiger partial charge in [0.1, 0.15) is 12.2 Å². The first kappa shape index (κ1) is 17.8. The first-order chi connectivity index (χ1) is 7.00. The van der Waals surface area contributed by atoms with Crippen molar-refractivity contribution in [3.8, 4) is 0 Å². The summed E-state index contributed by atoms with van der Waals surface area (Å²) in [4.78, 5) is 31.7. The van der Waals surface area contributed by atoms with E-state index < -0.39 is 38.6 Å². The predicted octanol–water partition coefficient (Wildman–Crippen LogP) is -4.38. The third-order valence-electron chi connectivity index (χ3n) is 1.20. The number of aliphatic hydroxyl groups excluding tert-OH is 4. The Balaban J connectivity index is 0. The van der Waals surface area contributed by atoms with Crippen LogP contribution in [0.15, 0.2) is 0 Å². The third-order valence-corrected chi connectivity index (χ3v) is 1.20. The van der Waals surface area contributed by atoms with Crippen molar-refractivity contribution >= 4 is 13.7 Å². The molecule has 0 bridgehead atoms. The molecule has 9 N–H and O–H groups in total.